The van der Waals surface area contributed by atoms with Crippen LogP contribution in [0.2, 0.25) is 0 Å². The Hall–Kier alpha value is -1.19. The van der Waals surface area contributed by atoms with E-state index in [1.807, 2.05) is 0 Å². The van der Waals surface area contributed by atoms with Gasteiger partial charge in [0.05, 0.1) is 5.41 Å². The molecule has 3 rings (SSSR count). The highest BCUT2D eigenvalue weighted by Gasteiger charge is 2.65. The fourth-order valence-electron chi connectivity index (χ4n) is 4.21. The highest BCUT2D eigenvalue weighted by atomic mass is 16.2. The van der Waals surface area contributed by atoms with Crippen LogP contribution in [0, 0.1) is 16.7 Å². The second-order valence-electron chi connectivity index (χ2n) is 6.54. The highest BCUT2D eigenvalue weighted by molar-refractivity contribution is 6.03. The van der Waals surface area contributed by atoms with E-state index in [4.69, 9.17) is 0 Å². The summed E-state index contributed by atoms with van der Waals surface area (Å²) >= 11 is 0. The molecule has 1 saturated heterocycles. The Morgan fingerprint density at radius 2 is 1.78 bits per heavy atom. The monoisotopic (exact) mass is 249 g/mol. The van der Waals surface area contributed by atoms with Crippen molar-refractivity contribution in [3.63, 3.8) is 0 Å². The number of carbonyl (C=O) groups excluding carboxylic acids is 3. The molecule has 2 bridgehead atoms. The van der Waals surface area contributed by atoms with Crippen molar-refractivity contribution < 1.29 is 14.4 Å². The van der Waals surface area contributed by atoms with Gasteiger partial charge in [0.15, 0.2) is 0 Å². The zero-order valence-electron chi connectivity index (χ0n) is 11.0. The summed E-state index contributed by atoms with van der Waals surface area (Å²) in [5.74, 6) is 0.482. The van der Waals surface area contributed by atoms with Gasteiger partial charge in [-0.2, -0.15) is 0 Å². The molecule has 0 spiro atoms. The Balaban J connectivity index is 1.93. The van der Waals surface area contributed by atoms with Gasteiger partial charge in [-0.05, 0) is 24.2 Å². The second-order valence-corrected chi connectivity index (χ2v) is 6.54. The maximum absolute atomic E-state index is 12.3. The van der Waals surface area contributed by atoms with Gasteiger partial charge in [0, 0.05) is 25.8 Å². The molecule has 3 aliphatic rings. The van der Waals surface area contributed by atoms with E-state index in [0.29, 0.717) is 31.7 Å². The molecule has 0 aromatic carbocycles. The van der Waals surface area contributed by atoms with Crippen LogP contribution in [-0.4, -0.2) is 29.0 Å². The smallest absolute Gasteiger partial charge is 0.229 e. The molecule has 1 heterocycles. The molecule has 0 aromatic heterocycles. The molecule has 0 radical (unpaired) electrons. The maximum atomic E-state index is 12.3. The lowest BCUT2D eigenvalue weighted by Gasteiger charge is -2.38. The lowest BCUT2D eigenvalue weighted by Crippen LogP contribution is -2.48. The van der Waals surface area contributed by atoms with Crippen LogP contribution in [0.15, 0.2) is 0 Å². The molecule has 0 N–H and O–H groups in total. The first kappa shape index (κ1) is 11.9. The van der Waals surface area contributed by atoms with Crippen molar-refractivity contribution in [1.29, 1.82) is 0 Å². The fraction of sp³-hybridized carbons (Fsp3) is 0.786. The first-order chi connectivity index (χ1) is 8.38. The number of ketones is 1. The predicted molar refractivity (Wildman–Crippen MR) is 64.5 cm³/mol. The van der Waals surface area contributed by atoms with Gasteiger partial charge in [0.2, 0.25) is 11.8 Å². The van der Waals surface area contributed by atoms with Crippen LogP contribution in [0.1, 0.15) is 46.0 Å². The van der Waals surface area contributed by atoms with E-state index in [1.54, 1.807) is 0 Å². The molecule has 3 fully saturated rings. The molecule has 2 saturated carbocycles. The van der Waals surface area contributed by atoms with Crippen molar-refractivity contribution in [3.05, 3.63) is 0 Å². The number of Topliss-reactive ketones (excluding diaryl/α,β-unsaturated/α-hetero) is 1. The van der Waals surface area contributed by atoms with Crippen LogP contribution in [0.5, 0.6) is 0 Å². The summed E-state index contributed by atoms with van der Waals surface area (Å²) in [6.45, 7) is 4.58. The summed E-state index contributed by atoms with van der Waals surface area (Å²) in [5, 5.41) is 0. The van der Waals surface area contributed by atoms with Crippen molar-refractivity contribution in [2.45, 2.75) is 46.0 Å². The molecule has 18 heavy (non-hydrogen) atoms. The topological polar surface area (TPSA) is 54.5 Å². The minimum Gasteiger partial charge on any atom is -0.299 e. The lowest BCUT2D eigenvalue weighted by atomic mass is 9.68. The van der Waals surface area contributed by atoms with Gasteiger partial charge >= 0.3 is 0 Å². The molecule has 2 aliphatic carbocycles. The van der Waals surface area contributed by atoms with Crippen LogP contribution < -0.4 is 0 Å². The van der Waals surface area contributed by atoms with Crippen molar-refractivity contribution >= 4 is 17.6 Å². The minimum atomic E-state index is -0.465. The summed E-state index contributed by atoms with van der Waals surface area (Å²) in [6.07, 6.45) is 3.14. The fourth-order valence-corrected chi connectivity index (χ4v) is 4.21. The number of imide groups is 1. The number of nitrogens with zero attached hydrogens (tertiary/aromatic N) is 1. The highest BCUT2D eigenvalue weighted by Crippen LogP contribution is 2.64. The molecule has 0 aromatic rings. The van der Waals surface area contributed by atoms with Gasteiger partial charge in [-0.25, -0.2) is 0 Å². The van der Waals surface area contributed by atoms with Crippen LogP contribution in [-0.2, 0) is 14.4 Å². The lowest BCUT2D eigenvalue weighted by molar-refractivity contribution is -0.143. The Bertz CT molecular complexity index is 438. The van der Waals surface area contributed by atoms with Crippen molar-refractivity contribution in [2.24, 2.45) is 16.7 Å². The van der Waals surface area contributed by atoms with E-state index in [1.165, 1.54) is 4.90 Å². The number of carbonyl (C=O) groups is 3. The van der Waals surface area contributed by atoms with Gasteiger partial charge in [0.25, 0.3) is 0 Å². The second kappa shape index (κ2) is 3.43. The zero-order chi connectivity index (χ0) is 13.1. The van der Waals surface area contributed by atoms with E-state index >= 15 is 0 Å². The van der Waals surface area contributed by atoms with Crippen LogP contribution in [0.3, 0.4) is 0 Å². The van der Waals surface area contributed by atoms with E-state index in [2.05, 4.69) is 13.8 Å². The summed E-state index contributed by atoms with van der Waals surface area (Å²) in [4.78, 5) is 37.2. The third kappa shape index (κ3) is 1.24. The molecule has 1 aliphatic heterocycles. The molecule has 98 valence electrons. The first-order valence-electron chi connectivity index (χ1n) is 6.75. The van der Waals surface area contributed by atoms with E-state index in [0.717, 1.165) is 12.8 Å². The Kier molecular flexibility index (Phi) is 2.26. The Morgan fingerprint density at radius 3 is 2.22 bits per heavy atom. The summed E-state index contributed by atoms with van der Waals surface area (Å²) in [7, 11) is 0. The van der Waals surface area contributed by atoms with Crippen LogP contribution in [0.4, 0.5) is 0 Å². The Morgan fingerprint density at radius 1 is 1.17 bits per heavy atom. The molecule has 4 nitrogen and oxygen atoms in total. The summed E-state index contributed by atoms with van der Waals surface area (Å²) in [6, 6.07) is 0. The van der Waals surface area contributed by atoms with Gasteiger partial charge in [-0.3, -0.25) is 19.3 Å². The quantitative estimate of drug-likeness (QED) is 0.697. The first-order valence-corrected chi connectivity index (χ1v) is 6.75. The largest absolute Gasteiger partial charge is 0.299 e. The summed E-state index contributed by atoms with van der Waals surface area (Å²) < 4.78 is 0. The minimum absolute atomic E-state index is 0.0762. The van der Waals surface area contributed by atoms with Crippen LogP contribution in [0.25, 0.3) is 0 Å². The third-order valence-electron chi connectivity index (χ3n) is 5.72. The maximum Gasteiger partial charge on any atom is 0.229 e. The molecule has 2 unspecified atom stereocenters. The third-order valence-corrected chi connectivity index (χ3v) is 5.72. The SMILES string of the molecule is CC1(C)C2CCC1(CN1C(=O)CCC1=O)C(=O)C2. The van der Waals surface area contributed by atoms with Crippen molar-refractivity contribution in [1.82, 2.24) is 4.90 Å². The van der Waals surface area contributed by atoms with Crippen molar-refractivity contribution in [3.8, 4) is 0 Å². The Labute approximate surface area is 107 Å². The van der Waals surface area contributed by atoms with E-state index in [9.17, 15) is 14.4 Å². The normalized spacial score (nSPS) is 38.0. The van der Waals surface area contributed by atoms with Gasteiger partial charge in [0.1, 0.15) is 5.78 Å². The summed E-state index contributed by atoms with van der Waals surface area (Å²) in [5.41, 5.74) is -0.541. The van der Waals surface area contributed by atoms with E-state index in [-0.39, 0.29) is 23.0 Å². The van der Waals surface area contributed by atoms with Gasteiger partial charge in [-0.1, -0.05) is 13.8 Å². The molecule has 2 atom stereocenters. The predicted octanol–water partition coefficient (Wildman–Crippen LogP) is 1.53. The number of hydrogen-bond donors (Lipinski definition) is 0. The average Bonchev–Trinajstić information content (AvgIpc) is 2.80. The van der Waals surface area contributed by atoms with E-state index < -0.39 is 5.41 Å². The van der Waals surface area contributed by atoms with Gasteiger partial charge < -0.3 is 0 Å². The molecular formula is C14H19NO3. The number of likely N-dealkylation sites (tertiary alicyclic amines) is 1. The average molecular weight is 249 g/mol. The number of amides is 2. The standard InChI is InChI=1S/C14H19NO3/c1-13(2)9-5-6-14(13,10(16)7-9)8-15-11(17)3-4-12(15)18/h9H,3-8H2,1-2H3. The van der Waals surface area contributed by atoms with Crippen LogP contribution >= 0.6 is 0 Å². The molecule has 4 heteroatoms. The zero-order valence-corrected chi connectivity index (χ0v) is 11.0. The van der Waals surface area contributed by atoms with Gasteiger partial charge in [-0.15, -0.1) is 0 Å². The number of hydrogen-bond acceptors (Lipinski definition) is 3. The molecule has 2 amide bonds. The number of fused-ring (bicyclic) bond motifs is 2. The number of rotatable bonds is 2. The van der Waals surface area contributed by atoms with Crippen molar-refractivity contribution in [2.75, 3.05) is 6.54 Å². The molecular weight excluding hydrogens is 230 g/mol.